The quantitative estimate of drug-likeness (QED) is 0.235. The van der Waals surface area contributed by atoms with Gasteiger partial charge in [0.15, 0.2) is 17.3 Å². The van der Waals surface area contributed by atoms with E-state index in [0.29, 0.717) is 35.8 Å². The molecule has 0 aromatic heterocycles. The highest BCUT2D eigenvalue weighted by Crippen LogP contribution is 2.33. The number of ether oxygens (including phenoxy) is 3. The fraction of sp³-hybridized carbons (Fsp3) is 0.0870. The molecule has 4 rings (SSSR count). The highest BCUT2D eigenvalue weighted by Gasteiger charge is 2.17. The number of ketones is 1. The second-order valence-corrected chi connectivity index (χ2v) is 6.60. The molecule has 0 saturated heterocycles. The number of halogens is 1. The predicted molar refractivity (Wildman–Crippen MR) is 110 cm³/mol. The molecule has 0 aliphatic carbocycles. The summed E-state index contributed by atoms with van der Waals surface area (Å²) in [6.07, 6.45) is 2.80. The summed E-state index contributed by atoms with van der Waals surface area (Å²) in [5, 5.41) is 11.5. The molecule has 0 spiro atoms. The Bertz CT molecular complexity index is 1170. The third-order valence-electron chi connectivity index (χ3n) is 4.47. The zero-order valence-electron chi connectivity index (χ0n) is 16.1. The van der Waals surface area contributed by atoms with E-state index in [4.69, 9.17) is 14.2 Å². The van der Waals surface area contributed by atoms with Gasteiger partial charge in [-0.1, -0.05) is 12.1 Å². The SMILES string of the molecule is O=C(C=Cc1ccc(Oc2ccc(F)cc2)c([N+](=O)[O-])c1)c1ccc2c(c1)OCCO2. The third-order valence-corrected chi connectivity index (χ3v) is 4.47. The summed E-state index contributed by atoms with van der Waals surface area (Å²) in [6, 6.07) is 14.3. The average molecular weight is 421 g/mol. The van der Waals surface area contributed by atoms with Crippen molar-refractivity contribution in [2.75, 3.05) is 13.2 Å². The van der Waals surface area contributed by atoms with Crippen LogP contribution in [0.4, 0.5) is 10.1 Å². The van der Waals surface area contributed by atoms with Gasteiger partial charge in [0, 0.05) is 11.6 Å². The van der Waals surface area contributed by atoms with Gasteiger partial charge in [0.05, 0.1) is 4.92 Å². The Kier molecular flexibility index (Phi) is 5.61. The summed E-state index contributed by atoms with van der Waals surface area (Å²) in [4.78, 5) is 23.4. The molecule has 0 bridgehead atoms. The average Bonchev–Trinajstić information content (AvgIpc) is 2.79. The Morgan fingerprint density at radius 3 is 2.48 bits per heavy atom. The van der Waals surface area contributed by atoms with Crippen LogP contribution < -0.4 is 14.2 Å². The molecule has 156 valence electrons. The standard InChI is InChI=1S/C23H16FNO6/c24-17-4-6-18(7-5-17)31-21-9-2-15(13-19(21)25(27)28)1-8-20(26)16-3-10-22-23(14-16)30-12-11-29-22/h1-10,13-14H,11-12H2. The van der Waals surface area contributed by atoms with Gasteiger partial charge in [-0.2, -0.15) is 0 Å². The van der Waals surface area contributed by atoms with Crippen LogP contribution in [-0.2, 0) is 0 Å². The second-order valence-electron chi connectivity index (χ2n) is 6.60. The van der Waals surface area contributed by atoms with Crippen molar-refractivity contribution in [2.24, 2.45) is 0 Å². The lowest BCUT2D eigenvalue weighted by Gasteiger charge is -2.18. The molecule has 1 aliphatic heterocycles. The first kappa shape index (κ1) is 20.1. The number of carbonyl (C=O) groups excluding carboxylic acids is 1. The number of nitro groups is 1. The van der Waals surface area contributed by atoms with Crippen LogP contribution in [0.25, 0.3) is 6.08 Å². The van der Waals surface area contributed by atoms with E-state index in [0.717, 1.165) is 0 Å². The number of hydrogen-bond donors (Lipinski definition) is 0. The van der Waals surface area contributed by atoms with E-state index in [-0.39, 0.29) is 23.0 Å². The van der Waals surface area contributed by atoms with Crippen LogP contribution in [0.15, 0.2) is 66.7 Å². The van der Waals surface area contributed by atoms with Crippen molar-refractivity contribution in [3.63, 3.8) is 0 Å². The number of hydrogen-bond acceptors (Lipinski definition) is 6. The summed E-state index contributed by atoms with van der Waals surface area (Å²) in [5.74, 6) is 0.632. The van der Waals surface area contributed by atoms with Gasteiger partial charge in [0.1, 0.15) is 24.8 Å². The van der Waals surface area contributed by atoms with Crippen LogP contribution in [0.1, 0.15) is 15.9 Å². The van der Waals surface area contributed by atoms with Crippen LogP contribution in [0.5, 0.6) is 23.0 Å². The van der Waals surface area contributed by atoms with E-state index in [2.05, 4.69) is 0 Å². The fourth-order valence-corrected chi connectivity index (χ4v) is 2.96. The molecular formula is C23H16FNO6. The van der Waals surface area contributed by atoms with Crippen LogP contribution in [0, 0.1) is 15.9 Å². The second kappa shape index (κ2) is 8.66. The molecular weight excluding hydrogens is 405 g/mol. The molecule has 3 aromatic carbocycles. The maximum Gasteiger partial charge on any atom is 0.312 e. The Morgan fingerprint density at radius 2 is 1.74 bits per heavy atom. The highest BCUT2D eigenvalue weighted by atomic mass is 19.1. The molecule has 0 unspecified atom stereocenters. The highest BCUT2D eigenvalue weighted by molar-refractivity contribution is 6.07. The maximum atomic E-state index is 13.0. The van der Waals surface area contributed by atoms with Crippen LogP contribution >= 0.6 is 0 Å². The summed E-state index contributed by atoms with van der Waals surface area (Å²) in [7, 11) is 0. The minimum Gasteiger partial charge on any atom is -0.486 e. The minimum absolute atomic E-state index is 0.00641. The lowest BCUT2D eigenvalue weighted by molar-refractivity contribution is -0.385. The molecule has 31 heavy (non-hydrogen) atoms. The van der Waals surface area contributed by atoms with Gasteiger partial charge in [0.25, 0.3) is 0 Å². The van der Waals surface area contributed by atoms with Crippen molar-refractivity contribution < 1.29 is 28.3 Å². The summed E-state index contributed by atoms with van der Waals surface area (Å²) < 4.78 is 29.4. The monoisotopic (exact) mass is 421 g/mol. The van der Waals surface area contributed by atoms with Crippen molar-refractivity contribution in [3.8, 4) is 23.0 Å². The van der Waals surface area contributed by atoms with Crippen molar-refractivity contribution in [1.29, 1.82) is 0 Å². The van der Waals surface area contributed by atoms with Gasteiger partial charge in [-0.05, 0) is 60.2 Å². The molecule has 1 heterocycles. The van der Waals surface area contributed by atoms with E-state index in [1.165, 1.54) is 48.6 Å². The van der Waals surface area contributed by atoms with Gasteiger partial charge < -0.3 is 14.2 Å². The van der Waals surface area contributed by atoms with Gasteiger partial charge in [0.2, 0.25) is 5.75 Å². The molecule has 3 aromatic rings. The zero-order valence-corrected chi connectivity index (χ0v) is 16.1. The maximum absolute atomic E-state index is 13.0. The van der Waals surface area contributed by atoms with E-state index >= 15 is 0 Å². The molecule has 0 saturated carbocycles. The van der Waals surface area contributed by atoms with Gasteiger partial charge in [-0.25, -0.2) is 4.39 Å². The number of nitrogens with zero attached hydrogens (tertiary/aromatic N) is 1. The van der Waals surface area contributed by atoms with Gasteiger partial charge in [-0.15, -0.1) is 0 Å². The van der Waals surface area contributed by atoms with E-state index < -0.39 is 10.7 Å². The molecule has 0 fully saturated rings. The molecule has 8 heteroatoms. The molecule has 7 nitrogen and oxygen atoms in total. The van der Waals surface area contributed by atoms with Crippen molar-refractivity contribution in [1.82, 2.24) is 0 Å². The summed E-state index contributed by atoms with van der Waals surface area (Å²) in [5.41, 5.74) is 0.577. The smallest absolute Gasteiger partial charge is 0.312 e. The Balaban J connectivity index is 1.53. The topological polar surface area (TPSA) is 87.9 Å². The normalized spacial score (nSPS) is 12.5. The number of allylic oxidation sites excluding steroid dienone is 1. The van der Waals surface area contributed by atoms with Gasteiger partial charge in [-0.3, -0.25) is 14.9 Å². The zero-order chi connectivity index (χ0) is 21.8. The number of benzene rings is 3. The molecule has 0 N–H and O–H groups in total. The lowest BCUT2D eigenvalue weighted by Crippen LogP contribution is -2.15. The largest absolute Gasteiger partial charge is 0.486 e. The van der Waals surface area contributed by atoms with E-state index in [1.807, 2.05) is 0 Å². The Morgan fingerprint density at radius 1 is 1.00 bits per heavy atom. The first-order chi connectivity index (χ1) is 15.0. The Labute approximate surface area is 176 Å². The first-order valence-corrected chi connectivity index (χ1v) is 9.33. The molecule has 0 radical (unpaired) electrons. The van der Waals surface area contributed by atoms with E-state index in [1.54, 1.807) is 24.3 Å². The number of nitro benzene ring substituents is 1. The van der Waals surface area contributed by atoms with Crippen LogP contribution in [-0.4, -0.2) is 23.9 Å². The molecule has 1 aliphatic rings. The first-order valence-electron chi connectivity index (χ1n) is 9.33. The van der Waals surface area contributed by atoms with Crippen LogP contribution in [0.2, 0.25) is 0 Å². The summed E-state index contributed by atoms with van der Waals surface area (Å²) in [6.45, 7) is 0.871. The Hall–Kier alpha value is -4.20. The molecule has 0 amide bonds. The number of rotatable bonds is 6. The fourth-order valence-electron chi connectivity index (χ4n) is 2.96. The summed E-state index contributed by atoms with van der Waals surface area (Å²) >= 11 is 0. The van der Waals surface area contributed by atoms with Crippen molar-refractivity contribution >= 4 is 17.5 Å². The molecule has 0 atom stereocenters. The predicted octanol–water partition coefficient (Wildman–Crippen LogP) is 5.19. The third kappa shape index (κ3) is 4.69. The van der Waals surface area contributed by atoms with Crippen molar-refractivity contribution in [2.45, 2.75) is 0 Å². The lowest BCUT2D eigenvalue weighted by atomic mass is 10.1. The minimum atomic E-state index is -0.584. The number of carbonyl (C=O) groups is 1. The van der Waals surface area contributed by atoms with E-state index in [9.17, 15) is 19.3 Å². The van der Waals surface area contributed by atoms with Crippen LogP contribution in [0.3, 0.4) is 0 Å². The number of fused-ring (bicyclic) bond motifs is 1. The van der Waals surface area contributed by atoms with Gasteiger partial charge >= 0.3 is 5.69 Å². The van der Waals surface area contributed by atoms with Crippen molar-refractivity contribution in [3.05, 3.63) is 93.8 Å².